The molecule has 1 aromatic carbocycles. The molecule has 1 aliphatic heterocycles. The van der Waals surface area contributed by atoms with Gasteiger partial charge in [0.05, 0.1) is 6.54 Å². The first kappa shape index (κ1) is 15.3. The predicted molar refractivity (Wildman–Crippen MR) is 66.5 cm³/mol. The van der Waals surface area contributed by atoms with Crippen molar-refractivity contribution in [3.63, 3.8) is 0 Å². The van der Waals surface area contributed by atoms with Crippen LogP contribution in [0.15, 0.2) is 24.3 Å². The Morgan fingerprint density at radius 1 is 1.29 bits per heavy atom. The third-order valence-electron chi connectivity index (χ3n) is 3.46. The van der Waals surface area contributed by atoms with Gasteiger partial charge in [-0.15, -0.1) is 0 Å². The molecule has 5 nitrogen and oxygen atoms in total. The van der Waals surface area contributed by atoms with Crippen molar-refractivity contribution in [1.29, 1.82) is 0 Å². The number of nitrogens with zero attached hydrogens (tertiary/aromatic N) is 1. The van der Waals surface area contributed by atoms with Crippen molar-refractivity contribution in [3.05, 3.63) is 35.4 Å². The van der Waals surface area contributed by atoms with Gasteiger partial charge in [0.25, 0.3) is 5.91 Å². The van der Waals surface area contributed by atoms with Gasteiger partial charge in [0.2, 0.25) is 5.91 Å². The normalized spacial score (nSPS) is 22.4. The number of likely N-dealkylation sites (tertiary alicyclic amines) is 1. The average Bonchev–Trinajstić information content (AvgIpc) is 2.81. The summed E-state index contributed by atoms with van der Waals surface area (Å²) in [7, 11) is 0. The smallest absolute Gasteiger partial charge is 0.379 e. The number of benzene rings is 1. The zero-order valence-corrected chi connectivity index (χ0v) is 10.9. The lowest BCUT2D eigenvalue weighted by Crippen LogP contribution is -2.48. The Morgan fingerprint density at radius 2 is 1.90 bits per heavy atom. The van der Waals surface area contributed by atoms with E-state index in [0.29, 0.717) is 0 Å². The van der Waals surface area contributed by atoms with Crippen LogP contribution >= 0.6 is 0 Å². The SMILES string of the molecule is NC(=O)c1cccc(C(=O)N2CCC(O)(C(F)(F)F)C2)c1. The van der Waals surface area contributed by atoms with Crippen molar-refractivity contribution in [2.75, 3.05) is 13.1 Å². The zero-order valence-electron chi connectivity index (χ0n) is 10.9. The first-order chi connectivity index (χ1) is 9.64. The number of alkyl halides is 3. The molecule has 1 heterocycles. The van der Waals surface area contributed by atoms with Gasteiger partial charge in [0.15, 0.2) is 5.60 Å². The third kappa shape index (κ3) is 2.85. The van der Waals surface area contributed by atoms with Crippen molar-refractivity contribution in [1.82, 2.24) is 4.90 Å². The highest BCUT2D eigenvalue weighted by molar-refractivity contribution is 5.99. The molecule has 3 N–H and O–H groups in total. The maximum Gasteiger partial charge on any atom is 0.419 e. The molecule has 2 amide bonds. The molecule has 1 saturated heterocycles. The molecule has 0 aromatic heterocycles. The number of carbonyl (C=O) groups is 2. The van der Waals surface area contributed by atoms with Gasteiger partial charge in [-0.25, -0.2) is 0 Å². The molecule has 0 radical (unpaired) electrons. The van der Waals surface area contributed by atoms with Gasteiger partial charge >= 0.3 is 6.18 Å². The first-order valence-electron chi connectivity index (χ1n) is 6.12. The Bertz CT molecular complexity index is 588. The highest BCUT2D eigenvalue weighted by Gasteiger charge is 2.57. The van der Waals surface area contributed by atoms with E-state index in [2.05, 4.69) is 0 Å². The van der Waals surface area contributed by atoms with Gasteiger partial charge < -0.3 is 15.7 Å². The minimum Gasteiger partial charge on any atom is -0.379 e. The zero-order chi connectivity index (χ0) is 15.8. The molecule has 0 aliphatic carbocycles. The number of hydrogen-bond donors (Lipinski definition) is 2. The summed E-state index contributed by atoms with van der Waals surface area (Å²) in [6.45, 7) is -1.04. The molecule has 1 unspecified atom stereocenters. The van der Waals surface area contributed by atoms with Crippen molar-refractivity contribution in [3.8, 4) is 0 Å². The second kappa shape index (κ2) is 5.03. The standard InChI is InChI=1S/C13H13F3N2O3/c14-13(15,16)12(21)4-5-18(7-12)11(20)9-3-1-2-8(6-9)10(17)19/h1-3,6,21H,4-5,7H2,(H2,17,19). The van der Waals surface area contributed by atoms with Crippen LogP contribution in [0, 0.1) is 0 Å². The van der Waals surface area contributed by atoms with Gasteiger partial charge in [-0.1, -0.05) is 6.07 Å². The number of hydrogen-bond acceptors (Lipinski definition) is 3. The van der Waals surface area contributed by atoms with E-state index in [9.17, 15) is 27.9 Å². The Morgan fingerprint density at radius 3 is 2.43 bits per heavy atom. The number of amides is 2. The summed E-state index contributed by atoms with van der Waals surface area (Å²) in [5.41, 5.74) is 2.34. The monoisotopic (exact) mass is 302 g/mol. The maximum atomic E-state index is 12.7. The summed E-state index contributed by atoms with van der Waals surface area (Å²) in [6, 6.07) is 5.41. The third-order valence-corrected chi connectivity index (χ3v) is 3.46. The summed E-state index contributed by atoms with van der Waals surface area (Å²) in [6.07, 6.45) is -5.37. The molecule has 1 aromatic rings. The van der Waals surface area contributed by atoms with Crippen LogP contribution in [-0.4, -0.2) is 46.7 Å². The van der Waals surface area contributed by atoms with Crippen LogP contribution < -0.4 is 5.73 Å². The fourth-order valence-corrected chi connectivity index (χ4v) is 2.19. The average molecular weight is 302 g/mol. The molecule has 0 saturated carbocycles. The highest BCUT2D eigenvalue weighted by Crippen LogP contribution is 2.37. The molecule has 1 fully saturated rings. The molecule has 1 atom stereocenters. The molecule has 2 rings (SSSR count). The summed E-state index contributed by atoms with van der Waals surface area (Å²) >= 11 is 0. The van der Waals surface area contributed by atoms with E-state index in [0.717, 1.165) is 4.90 Å². The van der Waals surface area contributed by atoms with E-state index in [1.54, 1.807) is 0 Å². The van der Waals surface area contributed by atoms with Crippen molar-refractivity contribution >= 4 is 11.8 Å². The topological polar surface area (TPSA) is 83.6 Å². The predicted octanol–water partition coefficient (Wildman–Crippen LogP) is 0.925. The minimum atomic E-state index is -4.79. The molecular formula is C13H13F3N2O3. The lowest BCUT2D eigenvalue weighted by Gasteiger charge is -2.25. The summed E-state index contributed by atoms with van der Waals surface area (Å²) in [4.78, 5) is 24.1. The highest BCUT2D eigenvalue weighted by atomic mass is 19.4. The van der Waals surface area contributed by atoms with Gasteiger partial charge in [0.1, 0.15) is 0 Å². The Kier molecular flexibility index (Phi) is 3.66. The van der Waals surface area contributed by atoms with E-state index in [1.165, 1.54) is 24.3 Å². The molecule has 1 aliphatic rings. The van der Waals surface area contributed by atoms with E-state index >= 15 is 0 Å². The number of nitrogens with two attached hydrogens (primary N) is 1. The molecule has 8 heteroatoms. The summed E-state index contributed by atoms with van der Waals surface area (Å²) in [5, 5.41) is 9.54. The number of halogens is 3. The lowest BCUT2D eigenvalue weighted by molar-refractivity contribution is -0.253. The minimum absolute atomic E-state index is 0.0534. The van der Waals surface area contributed by atoms with E-state index in [-0.39, 0.29) is 17.7 Å². The maximum absolute atomic E-state index is 12.7. The van der Waals surface area contributed by atoms with Crippen molar-refractivity contribution in [2.45, 2.75) is 18.2 Å². The number of aliphatic hydroxyl groups is 1. The number of rotatable bonds is 2. The fraction of sp³-hybridized carbons (Fsp3) is 0.385. The van der Waals surface area contributed by atoms with Crippen LogP contribution in [0.4, 0.5) is 13.2 Å². The number of carbonyl (C=O) groups excluding carboxylic acids is 2. The van der Waals surface area contributed by atoms with Crippen LogP contribution in [0.3, 0.4) is 0 Å². The second-order valence-electron chi connectivity index (χ2n) is 4.95. The van der Waals surface area contributed by atoms with Crippen molar-refractivity contribution in [2.24, 2.45) is 5.73 Å². The Balaban J connectivity index is 2.19. The van der Waals surface area contributed by atoms with E-state index in [1.807, 2.05) is 0 Å². The fourth-order valence-electron chi connectivity index (χ4n) is 2.19. The number of β-amino-alcohol motifs (C(OH)–C–C–N with tert-alkyl or cyclic N) is 1. The lowest BCUT2D eigenvalue weighted by atomic mass is 10.0. The molecule has 114 valence electrons. The Labute approximate surface area is 118 Å². The molecule has 21 heavy (non-hydrogen) atoms. The first-order valence-corrected chi connectivity index (χ1v) is 6.12. The van der Waals surface area contributed by atoms with Crippen LogP contribution in [0.2, 0.25) is 0 Å². The second-order valence-corrected chi connectivity index (χ2v) is 4.95. The Hall–Kier alpha value is -2.09. The molecule has 0 bridgehead atoms. The van der Waals surface area contributed by atoms with Crippen LogP contribution in [0.25, 0.3) is 0 Å². The van der Waals surface area contributed by atoms with Gasteiger partial charge in [-0.3, -0.25) is 9.59 Å². The van der Waals surface area contributed by atoms with Gasteiger partial charge in [0, 0.05) is 24.1 Å². The van der Waals surface area contributed by atoms with Crippen LogP contribution in [0.5, 0.6) is 0 Å². The van der Waals surface area contributed by atoms with E-state index < -0.39 is 36.6 Å². The molecule has 0 spiro atoms. The number of primary amides is 1. The van der Waals surface area contributed by atoms with Crippen LogP contribution in [-0.2, 0) is 0 Å². The molecular weight excluding hydrogens is 289 g/mol. The summed E-state index contributed by atoms with van der Waals surface area (Å²) < 4.78 is 38.1. The van der Waals surface area contributed by atoms with Crippen LogP contribution in [0.1, 0.15) is 27.1 Å². The largest absolute Gasteiger partial charge is 0.419 e. The van der Waals surface area contributed by atoms with Crippen molar-refractivity contribution < 1.29 is 27.9 Å². The van der Waals surface area contributed by atoms with Gasteiger partial charge in [-0.05, 0) is 18.2 Å². The van der Waals surface area contributed by atoms with E-state index in [4.69, 9.17) is 5.73 Å². The van der Waals surface area contributed by atoms with Gasteiger partial charge in [-0.2, -0.15) is 13.2 Å². The summed E-state index contributed by atoms with van der Waals surface area (Å²) in [5.74, 6) is -1.42. The quantitative estimate of drug-likeness (QED) is 0.852.